The van der Waals surface area contributed by atoms with Crippen molar-refractivity contribution in [2.75, 3.05) is 16.8 Å². The standard InChI is InChI=1S/C11H16N2O3S/c1-2-17(15,16)8-11(14)13-10-5-3-4-9(6-10)7-12/h3-6H,2,7-8,12H2,1H3,(H,13,14). The fourth-order valence-electron chi connectivity index (χ4n) is 1.27. The van der Waals surface area contributed by atoms with Gasteiger partial charge in [-0.25, -0.2) is 8.42 Å². The number of hydrogen-bond donors (Lipinski definition) is 2. The van der Waals surface area contributed by atoms with Crippen molar-refractivity contribution in [3.8, 4) is 0 Å². The van der Waals surface area contributed by atoms with Crippen molar-refractivity contribution in [1.29, 1.82) is 0 Å². The van der Waals surface area contributed by atoms with Gasteiger partial charge in [0.25, 0.3) is 0 Å². The molecule has 0 aromatic heterocycles. The van der Waals surface area contributed by atoms with Crippen LogP contribution in [0.25, 0.3) is 0 Å². The summed E-state index contributed by atoms with van der Waals surface area (Å²) in [7, 11) is -3.29. The minimum atomic E-state index is -3.29. The molecule has 1 aromatic rings. The van der Waals surface area contributed by atoms with Crippen LogP contribution in [-0.2, 0) is 21.2 Å². The Morgan fingerprint density at radius 2 is 2.12 bits per heavy atom. The van der Waals surface area contributed by atoms with E-state index in [0.717, 1.165) is 5.56 Å². The molecule has 0 radical (unpaired) electrons. The van der Waals surface area contributed by atoms with Crippen LogP contribution in [0.3, 0.4) is 0 Å². The average Bonchev–Trinajstić information content (AvgIpc) is 2.28. The fourth-order valence-corrected chi connectivity index (χ4v) is 1.95. The molecule has 94 valence electrons. The first-order chi connectivity index (χ1) is 7.96. The van der Waals surface area contributed by atoms with Crippen LogP contribution >= 0.6 is 0 Å². The highest BCUT2D eigenvalue weighted by Crippen LogP contribution is 2.10. The van der Waals surface area contributed by atoms with E-state index in [1.54, 1.807) is 18.2 Å². The Bertz CT molecular complexity index is 497. The number of sulfone groups is 1. The number of nitrogens with one attached hydrogen (secondary N) is 1. The Morgan fingerprint density at radius 3 is 2.71 bits per heavy atom. The van der Waals surface area contributed by atoms with Gasteiger partial charge in [0.2, 0.25) is 5.91 Å². The minimum Gasteiger partial charge on any atom is -0.326 e. The predicted octanol–water partition coefficient (Wildman–Crippen LogP) is 0.518. The summed E-state index contributed by atoms with van der Waals surface area (Å²) in [6, 6.07) is 7.00. The van der Waals surface area contributed by atoms with Crippen molar-refractivity contribution < 1.29 is 13.2 Å². The lowest BCUT2D eigenvalue weighted by Crippen LogP contribution is -2.24. The van der Waals surface area contributed by atoms with Gasteiger partial charge in [-0.15, -0.1) is 0 Å². The molecule has 0 saturated heterocycles. The molecule has 0 aliphatic rings. The van der Waals surface area contributed by atoms with Gasteiger partial charge in [0.1, 0.15) is 5.75 Å². The highest BCUT2D eigenvalue weighted by atomic mass is 32.2. The Hall–Kier alpha value is -1.40. The number of benzene rings is 1. The van der Waals surface area contributed by atoms with Gasteiger partial charge in [0.05, 0.1) is 0 Å². The molecule has 0 heterocycles. The molecule has 0 unspecified atom stereocenters. The van der Waals surface area contributed by atoms with Gasteiger partial charge in [0, 0.05) is 18.0 Å². The first kappa shape index (κ1) is 13.7. The first-order valence-electron chi connectivity index (χ1n) is 5.26. The van der Waals surface area contributed by atoms with Crippen molar-refractivity contribution in [2.24, 2.45) is 5.73 Å². The summed E-state index contributed by atoms with van der Waals surface area (Å²) in [6.45, 7) is 1.88. The maximum Gasteiger partial charge on any atom is 0.239 e. The van der Waals surface area contributed by atoms with Crippen LogP contribution in [-0.4, -0.2) is 25.8 Å². The summed E-state index contributed by atoms with van der Waals surface area (Å²) in [4.78, 5) is 11.5. The van der Waals surface area contributed by atoms with Gasteiger partial charge in [0.15, 0.2) is 9.84 Å². The van der Waals surface area contributed by atoms with E-state index >= 15 is 0 Å². The topological polar surface area (TPSA) is 89.3 Å². The lowest BCUT2D eigenvalue weighted by molar-refractivity contribution is -0.113. The number of carbonyl (C=O) groups excluding carboxylic acids is 1. The zero-order chi connectivity index (χ0) is 12.9. The van der Waals surface area contributed by atoms with Crippen LogP contribution < -0.4 is 11.1 Å². The lowest BCUT2D eigenvalue weighted by atomic mass is 10.2. The molecule has 0 spiro atoms. The maximum atomic E-state index is 11.5. The molecule has 0 fully saturated rings. The molecule has 0 bridgehead atoms. The number of rotatable bonds is 5. The maximum absolute atomic E-state index is 11.5. The van der Waals surface area contributed by atoms with Crippen LogP contribution in [0.4, 0.5) is 5.69 Å². The number of hydrogen-bond acceptors (Lipinski definition) is 4. The molecular formula is C11H16N2O3S. The third kappa shape index (κ3) is 4.54. The molecule has 5 nitrogen and oxygen atoms in total. The van der Waals surface area contributed by atoms with E-state index in [4.69, 9.17) is 5.73 Å². The second-order valence-corrected chi connectivity index (χ2v) is 5.98. The molecule has 0 aliphatic carbocycles. The third-order valence-corrected chi connectivity index (χ3v) is 3.82. The summed E-state index contributed by atoms with van der Waals surface area (Å²) in [5.41, 5.74) is 6.90. The second kappa shape index (κ2) is 5.79. The van der Waals surface area contributed by atoms with Gasteiger partial charge in [-0.2, -0.15) is 0 Å². The van der Waals surface area contributed by atoms with Crippen LogP contribution in [0.2, 0.25) is 0 Å². The fraction of sp³-hybridized carbons (Fsp3) is 0.364. The van der Waals surface area contributed by atoms with Crippen LogP contribution in [0, 0.1) is 0 Å². The van der Waals surface area contributed by atoms with Crippen molar-refractivity contribution >= 4 is 21.4 Å². The van der Waals surface area contributed by atoms with E-state index in [1.165, 1.54) is 6.92 Å². The Kier molecular flexibility index (Phi) is 4.65. The van der Waals surface area contributed by atoms with E-state index in [2.05, 4.69) is 5.32 Å². The Balaban J connectivity index is 2.68. The highest BCUT2D eigenvalue weighted by Gasteiger charge is 2.14. The summed E-state index contributed by atoms with van der Waals surface area (Å²) in [6.07, 6.45) is 0. The van der Waals surface area contributed by atoms with Gasteiger partial charge in [-0.05, 0) is 17.7 Å². The van der Waals surface area contributed by atoms with E-state index < -0.39 is 21.5 Å². The Morgan fingerprint density at radius 1 is 1.41 bits per heavy atom. The minimum absolute atomic E-state index is 0.0384. The second-order valence-electron chi connectivity index (χ2n) is 3.63. The zero-order valence-electron chi connectivity index (χ0n) is 9.64. The molecule has 1 rings (SSSR count). The van der Waals surface area contributed by atoms with Crippen molar-refractivity contribution in [2.45, 2.75) is 13.5 Å². The quantitative estimate of drug-likeness (QED) is 0.803. The van der Waals surface area contributed by atoms with Gasteiger partial charge < -0.3 is 11.1 Å². The molecule has 6 heteroatoms. The molecule has 1 aromatic carbocycles. The van der Waals surface area contributed by atoms with E-state index in [1.807, 2.05) is 6.07 Å². The number of amides is 1. The number of nitrogens with two attached hydrogens (primary N) is 1. The molecule has 0 aliphatic heterocycles. The smallest absolute Gasteiger partial charge is 0.239 e. The van der Waals surface area contributed by atoms with Crippen LogP contribution in [0.1, 0.15) is 12.5 Å². The van der Waals surface area contributed by atoms with E-state index in [-0.39, 0.29) is 5.75 Å². The normalized spacial score (nSPS) is 11.2. The average molecular weight is 256 g/mol. The van der Waals surface area contributed by atoms with Crippen molar-refractivity contribution in [3.05, 3.63) is 29.8 Å². The first-order valence-corrected chi connectivity index (χ1v) is 7.08. The van der Waals surface area contributed by atoms with Crippen LogP contribution in [0.5, 0.6) is 0 Å². The predicted molar refractivity (Wildman–Crippen MR) is 67.3 cm³/mol. The summed E-state index contributed by atoms with van der Waals surface area (Å²) in [5, 5.41) is 2.53. The largest absolute Gasteiger partial charge is 0.326 e. The van der Waals surface area contributed by atoms with Gasteiger partial charge in [-0.1, -0.05) is 19.1 Å². The van der Waals surface area contributed by atoms with Crippen molar-refractivity contribution in [1.82, 2.24) is 0 Å². The van der Waals surface area contributed by atoms with E-state index in [0.29, 0.717) is 12.2 Å². The molecule has 3 N–H and O–H groups in total. The Labute approximate surface area is 101 Å². The third-order valence-electron chi connectivity index (χ3n) is 2.24. The lowest BCUT2D eigenvalue weighted by Gasteiger charge is -2.06. The van der Waals surface area contributed by atoms with Crippen LogP contribution in [0.15, 0.2) is 24.3 Å². The summed E-state index contributed by atoms with van der Waals surface area (Å²) >= 11 is 0. The van der Waals surface area contributed by atoms with Crippen molar-refractivity contribution in [3.63, 3.8) is 0 Å². The molecular weight excluding hydrogens is 240 g/mol. The monoisotopic (exact) mass is 256 g/mol. The highest BCUT2D eigenvalue weighted by molar-refractivity contribution is 7.92. The summed E-state index contributed by atoms with van der Waals surface area (Å²) < 4.78 is 22.5. The SMILES string of the molecule is CCS(=O)(=O)CC(=O)Nc1cccc(CN)c1. The summed E-state index contributed by atoms with van der Waals surface area (Å²) in [5.74, 6) is -1.05. The molecule has 1 amide bonds. The van der Waals surface area contributed by atoms with Gasteiger partial charge in [-0.3, -0.25) is 4.79 Å². The van der Waals surface area contributed by atoms with Gasteiger partial charge >= 0.3 is 0 Å². The number of anilines is 1. The molecule has 0 atom stereocenters. The molecule has 17 heavy (non-hydrogen) atoms. The van der Waals surface area contributed by atoms with E-state index in [9.17, 15) is 13.2 Å². The number of carbonyl (C=O) groups is 1. The zero-order valence-corrected chi connectivity index (χ0v) is 10.5. The molecule has 0 saturated carbocycles.